The van der Waals surface area contributed by atoms with Gasteiger partial charge in [-0.15, -0.1) is 0 Å². The number of hydrogen-bond acceptors (Lipinski definition) is 6. The summed E-state index contributed by atoms with van der Waals surface area (Å²) in [6, 6.07) is 15.2. The van der Waals surface area contributed by atoms with E-state index in [0.717, 1.165) is 14.3 Å². The fourth-order valence-corrected chi connectivity index (χ4v) is 5.23. The number of nitrogens with one attached hydrogen (secondary N) is 1. The lowest BCUT2D eigenvalue weighted by Gasteiger charge is -2.13. The molecular weight excluding hydrogens is 664 g/mol. The molecule has 4 aromatic rings. The Balaban J connectivity index is 1.45. The number of aromatic carboxylic acids is 1. The standard InChI is InChI=1S/C25H17Br3N2O6/c1-34-20-7-14(6-18(27)23(20)35-12-13-3-2-4-15(5-13)25(32)33)11-29-30-24(31)21-9-16-8-17(26)10-19(28)22(16)36-21/h2-11H,12H2,1H3,(H,30,31)(H,32,33)/b29-11-. The van der Waals surface area contributed by atoms with Crippen LogP contribution in [0, 0.1) is 0 Å². The number of hydrogen-bond donors (Lipinski definition) is 2. The predicted molar refractivity (Wildman–Crippen MR) is 145 cm³/mol. The van der Waals surface area contributed by atoms with E-state index in [9.17, 15) is 9.59 Å². The number of carboxylic acids is 1. The molecule has 0 spiro atoms. The van der Waals surface area contributed by atoms with Crippen molar-refractivity contribution in [3.63, 3.8) is 0 Å². The second-order valence-corrected chi connectivity index (χ2v) is 10.1. The maximum Gasteiger partial charge on any atom is 0.335 e. The second kappa shape index (κ2) is 11.3. The van der Waals surface area contributed by atoms with Crippen molar-refractivity contribution in [1.82, 2.24) is 5.43 Å². The molecule has 1 amide bonds. The van der Waals surface area contributed by atoms with Crippen LogP contribution in [-0.2, 0) is 6.61 Å². The van der Waals surface area contributed by atoms with Crippen molar-refractivity contribution in [2.45, 2.75) is 6.61 Å². The molecule has 8 nitrogen and oxygen atoms in total. The highest BCUT2D eigenvalue weighted by molar-refractivity contribution is 9.11. The maximum atomic E-state index is 12.5. The van der Waals surface area contributed by atoms with E-state index in [1.807, 2.05) is 12.1 Å². The van der Waals surface area contributed by atoms with Crippen LogP contribution in [0.1, 0.15) is 32.0 Å². The summed E-state index contributed by atoms with van der Waals surface area (Å²) in [6.07, 6.45) is 1.46. The highest BCUT2D eigenvalue weighted by Gasteiger charge is 2.15. The monoisotopic (exact) mass is 678 g/mol. The summed E-state index contributed by atoms with van der Waals surface area (Å²) in [5, 5.41) is 13.9. The van der Waals surface area contributed by atoms with Gasteiger partial charge < -0.3 is 19.0 Å². The number of carbonyl (C=O) groups excluding carboxylic acids is 1. The van der Waals surface area contributed by atoms with Crippen molar-refractivity contribution >= 4 is 76.9 Å². The van der Waals surface area contributed by atoms with Crippen molar-refractivity contribution in [2.24, 2.45) is 5.10 Å². The van der Waals surface area contributed by atoms with Gasteiger partial charge in [0.1, 0.15) is 12.2 Å². The van der Waals surface area contributed by atoms with Gasteiger partial charge in [0.05, 0.1) is 27.8 Å². The zero-order valence-electron chi connectivity index (χ0n) is 18.6. The van der Waals surface area contributed by atoms with Crippen LogP contribution in [-0.4, -0.2) is 30.3 Å². The van der Waals surface area contributed by atoms with Gasteiger partial charge in [0, 0.05) is 9.86 Å². The summed E-state index contributed by atoms with van der Waals surface area (Å²) < 4.78 is 19.1. The molecule has 0 unspecified atom stereocenters. The van der Waals surface area contributed by atoms with E-state index in [0.29, 0.717) is 32.7 Å². The van der Waals surface area contributed by atoms with Gasteiger partial charge in [0.25, 0.3) is 0 Å². The van der Waals surface area contributed by atoms with Crippen LogP contribution < -0.4 is 14.9 Å². The van der Waals surface area contributed by atoms with E-state index < -0.39 is 11.9 Å². The first kappa shape index (κ1) is 25.9. The van der Waals surface area contributed by atoms with Gasteiger partial charge in [-0.05, 0) is 85.5 Å². The molecule has 184 valence electrons. The first-order valence-electron chi connectivity index (χ1n) is 10.3. The van der Waals surface area contributed by atoms with E-state index in [4.69, 9.17) is 19.0 Å². The van der Waals surface area contributed by atoms with Crippen molar-refractivity contribution < 1.29 is 28.6 Å². The van der Waals surface area contributed by atoms with E-state index in [2.05, 4.69) is 58.3 Å². The number of methoxy groups -OCH3 is 1. The Hall–Kier alpha value is -3.15. The van der Waals surface area contributed by atoms with E-state index in [1.165, 1.54) is 19.4 Å². The molecule has 0 atom stereocenters. The number of hydrazone groups is 1. The van der Waals surface area contributed by atoms with Crippen molar-refractivity contribution in [1.29, 1.82) is 0 Å². The van der Waals surface area contributed by atoms with E-state index >= 15 is 0 Å². The topological polar surface area (TPSA) is 110 Å². The summed E-state index contributed by atoms with van der Waals surface area (Å²) >= 11 is 10.3. The Morgan fingerprint density at radius 3 is 2.64 bits per heavy atom. The molecule has 2 N–H and O–H groups in total. The summed E-state index contributed by atoms with van der Waals surface area (Å²) in [6.45, 7) is 0.143. The van der Waals surface area contributed by atoms with Crippen LogP contribution in [0.25, 0.3) is 11.0 Å². The van der Waals surface area contributed by atoms with E-state index in [-0.39, 0.29) is 17.9 Å². The van der Waals surface area contributed by atoms with Crippen molar-refractivity contribution in [3.8, 4) is 11.5 Å². The van der Waals surface area contributed by atoms with Gasteiger partial charge in [0.15, 0.2) is 17.3 Å². The number of furan rings is 1. The quantitative estimate of drug-likeness (QED) is 0.157. The number of amides is 1. The van der Waals surface area contributed by atoms with Crippen LogP contribution in [0.5, 0.6) is 11.5 Å². The number of rotatable bonds is 8. The van der Waals surface area contributed by atoms with Crippen molar-refractivity contribution in [2.75, 3.05) is 7.11 Å². The van der Waals surface area contributed by atoms with Gasteiger partial charge in [-0.3, -0.25) is 4.79 Å². The molecule has 36 heavy (non-hydrogen) atoms. The molecule has 0 fully saturated rings. The third kappa shape index (κ3) is 5.97. The molecule has 3 aromatic carbocycles. The summed E-state index contributed by atoms with van der Waals surface area (Å²) in [5.41, 5.74) is 4.52. The number of carboxylic acid groups (broad SMARTS) is 1. The summed E-state index contributed by atoms with van der Waals surface area (Å²) in [5.74, 6) is -0.513. The Bertz CT molecular complexity index is 1500. The number of halogens is 3. The summed E-state index contributed by atoms with van der Waals surface area (Å²) in [4.78, 5) is 23.7. The lowest BCUT2D eigenvalue weighted by atomic mass is 10.1. The normalized spacial score (nSPS) is 11.1. The summed E-state index contributed by atoms with van der Waals surface area (Å²) in [7, 11) is 1.50. The average molecular weight is 681 g/mol. The third-order valence-corrected chi connectivity index (χ3v) is 6.58. The lowest BCUT2D eigenvalue weighted by molar-refractivity contribution is 0.0696. The molecule has 0 aliphatic rings. The molecule has 1 heterocycles. The van der Waals surface area contributed by atoms with Gasteiger partial charge in [-0.25, -0.2) is 10.2 Å². The zero-order chi connectivity index (χ0) is 25.8. The number of nitrogens with zero attached hydrogens (tertiary/aromatic N) is 1. The second-order valence-electron chi connectivity index (χ2n) is 7.44. The average Bonchev–Trinajstić information content (AvgIpc) is 3.28. The van der Waals surface area contributed by atoms with Crippen LogP contribution in [0.3, 0.4) is 0 Å². The van der Waals surface area contributed by atoms with Crippen LogP contribution in [0.2, 0.25) is 0 Å². The molecule has 0 saturated heterocycles. The number of fused-ring (bicyclic) bond motifs is 1. The Morgan fingerprint density at radius 2 is 1.89 bits per heavy atom. The minimum absolute atomic E-state index is 0.121. The number of ether oxygens (including phenoxy) is 2. The van der Waals surface area contributed by atoms with Crippen LogP contribution in [0.4, 0.5) is 0 Å². The molecule has 0 aliphatic carbocycles. The van der Waals surface area contributed by atoms with Gasteiger partial charge in [0.2, 0.25) is 0 Å². The smallest absolute Gasteiger partial charge is 0.335 e. The lowest BCUT2D eigenvalue weighted by Crippen LogP contribution is -2.16. The molecule has 0 aliphatic heterocycles. The zero-order valence-corrected chi connectivity index (χ0v) is 23.3. The molecule has 1 aromatic heterocycles. The van der Waals surface area contributed by atoms with E-state index in [1.54, 1.807) is 36.4 Å². The minimum atomic E-state index is -1.01. The first-order chi connectivity index (χ1) is 17.2. The minimum Gasteiger partial charge on any atom is -0.493 e. The molecule has 11 heteroatoms. The highest BCUT2D eigenvalue weighted by Crippen LogP contribution is 2.37. The Kier molecular flexibility index (Phi) is 8.12. The van der Waals surface area contributed by atoms with Gasteiger partial charge in [-0.1, -0.05) is 28.1 Å². The highest BCUT2D eigenvalue weighted by atomic mass is 79.9. The first-order valence-corrected chi connectivity index (χ1v) is 12.7. The molecule has 0 bridgehead atoms. The van der Waals surface area contributed by atoms with Gasteiger partial charge >= 0.3 is 11.9 Å². The van der Waals surface area contributed by atoms with Crippen molar-refractivity contribution in [3.05, 3.63) is 90.5 Å². The van der Waals surface area contributed by atoms with Crippen LogP contribution in [0.15, 0.2) is 77.5 Å². The van der Waals surface area contributed by atoms with Gasteiger partial charge in [-0.2, -0.15) is 5.10 Å². The molecule has 0 saturated carbocycles. The predicted octanol–water partition coefficient (Wildman–Crippen LogP) is 6.77. The largest absolute Gasteiger partial charge is 0.493 e. The Labute approximate surface area is 230 Å². The van der Waals surface area contributed by atoms with Crippen LogP contribution >= 0.6 is 47.8 Å². The Morgan fingerprint density at radius 1 is 1.08 bits per heavy atom. The molecule has 0 radical (unpaired) electrons. The molecular formula is C25H17Br3N2O6. The SMILES string of the molecule is COc1cc(/C=N\NC(=O)c2cc3cc(Br)cc(Br)c3o2)cc(Br)c1OCc1cccc(C(=O)O)c1. The maximum absolute atomic E-state index is 12.5. The fraction of sp³-hybridized carbons (Fsp3) is 0.0800. The number of benzene rings is 3. The molecule has 4 rings (SSSR count). The fourth-order valence-electron chi connectivity index (χ4n) is 3.31. The third-order valence-electron chi connectivity index (χ3n) is 4.95. The number of carbonyl (C=O) groups is 2.